The van der Waals surface area contributed by atoms with Crippen LogP contribution in [0.2, 0.25) is 0 Å². The summed E-state index contributed by atoms with van der Waals surface area (Å²) in [4.78, 5) is 26.6. The molecule has 0 spiro atoms. The van der Waals surface area contributed by atoms with Gasteiger partial charge in [0.2, 0.25) is 21.8 Å². The average molecular weight is 415 g/mol. The third-order valence-electron chi connectivity index (χ3n) is 5.19. The standard InChI is InChI=1S/C20H21N3O5S/c24-18-8-7-16(23-9-4-10-29(23,27)28)12-17(18)21-20(26)14-11-19(25)22(13-14)15-5-2-1-3-6-15/h1-3,5-8,12,14,24H,4,9-11,13H2,(H,21,26). The summed E-state index contributed by atoms with van der Waals surface area (Å²) < 4.78 is 25.5. The molecule has 2 fully saturated rings. The van der Waals surface area contributed by atoms with Gasteiger partial charge in [0.05, 0.1) is 23.0 Å². The van der Waals surface area contributed by atoms with E-state index in [1.165, 1.54) is 22.5 Å². The van der Waals surface area contributed by atoms with Crippen molar-refractivity contribution in [1.29, 1.82) is 0 Å². The van der Waals surface area contributed by atoms with Crippen molar-refractivity contribution in [3.8, 4) is 5.75 Å². The van der Waals surface area contributed by atoms with Crippen LogP contribution in [0.5, 0.6) is 5.75 Å². The second-order valence-corrected chi connectivity index (χ2v) is 9.19. The number of hydrogen-bond acceptors (Lipinski definition) is 5. The number of carbonyl (C=O) groups excluding carboxylic acids is 2. The molecule has 1 unspecified atom stereocenters. The van der Waals surface area contributed by atoms with Gasteiger partial charge in [0.1, 0.15) is 5.75 Å². The van der Waals surface area contributed by atoms with E-state index in [9.17, 15) is 23.1 Å². The maximum absolute atomic E-state index is 12.7. The molecule has 0 bridgehead atoms. The zero-order valence-corrected chi connectivity index (χ0v) is 16.4. The number of phenolic OH excluding ortho intramolecular Hbond substituents is 1. The van der Waals surface area contributed by atoms with E-state index in [0.29, 0.717) is 18.7 Å². The van der Waals surface area contributed by atoms with E-state index >= 15 is 0 Å². The van der Waals surface area contributed by atoms with Crippen molar-refractivity contribution in [3.63, 3.8) is 0 Å². The highest BCUT2D eigenvalue weighted by Crippen LogP contribution is 2.33. The topological polar surface area (TPSA) is 107 Å². The smallest absolute Gasteiger partial charge is 0.235 e. The van der Waals surface area contributed by atoms with Gasteiger partial charge in [-0.3, -0.25) is 13.9 Å². The molecule has 2 aromatic rings. The highest BCUT2D eigenvalue weighted by Gasteiger charge is 2.35. The molecule has 29 heavy (non-hydrogen) atoms. The maximum Gasteiger partial charge on any atom is 0.235 e. The van der Waals surface area contributed by atoms with Gasteiger partial charge in [0, 0.05) is 25.2 Å². The first-order chi connectivity index (χ1) is 13.8. The number of hydrogen-bond donors (Lipinski definition) is 2. The number of amides is 2. The van der Waals surface area contributed by atoms with Crippen molar-refractivity contribution in [3.05, 3.63) is 48.5 Å². The first-order valence-corrected chi connectivity index (χ1v) is 11.0. The zero-order chi connectivity index (χ0) is 20.6. The molecule has 9 heteroatoms. The molecule has 0 saturated carbocycles. The Kier molecular flexibility index (Phi) is 4.91. The van der Waals surface area contributed by atoms with Crippen LogP contribution in [0.3, 0.4) is 0 Å². The third-order valence-corrected chi connectivity index (χ3v) is 7.06. The summed E-state index contributed by atoms with van der Waals surface area (Å²) in [6.45, 7) is 0.610. The maximum atomic E-state index is 12.7. The molecule has 2 N–H and O–H groups in total. The predicted molar refractivity (Wildman–Crippen MR) is 109 cm³/mol. The van der Waals surface area contributed by atoms with E-state index in [-0.39, 0.29) is 36.1 Å². The Hall–Kier alpha value is -3.07. The first kappa shape index (κ1) is 19.3. The van der Waals surface area contributed by atoms with Crippen LogP contribution in [0.15, 0.2) is 48.5 Å². The molecule has 2 heterocycles. The fraction of sp³-hybridized carbons (Fsp3) is 0.300. The Balaban J connectivity index is 1.50. The lowest BCUT2D eigenvalue weighted by atomic mass is 10.1. The summed E-state index contributed by atoms with van der Waals surface area (Å²) in [6.07, 6.45) is 0.603. The first-order valence-electron chi connectivity index (χ1n) is 9.35. The van der Waals surface area contributed by atoms with Crippen molar-refractivity contribution in [2.75, 3.05) is 33.4 Å². The van der Waals surface area contributed by atoms with E-state index in [1.807, 2.05) is 30.3 Å². The highest BCUT2D eigenvalue weighted by atomic mass is 32.2. The van der Waals surface area contributed by atoms with Gasteiger partial charge < -0.3 is 15.3 Å². The van der Waals surface area contributed by atoms with Gasteiger partial charge in [-0.15, -0.1) is 0 Å². The van der Waals surface area contributed by atoms with E-state index in [0.717, 1.165) is 5.69 Å². The minimum absolute atomic E-state index is 0.0711. The number of phenols is 1. The van der Waals surface area contributed by atoms with Crippen molar-refractivity contribution < 1.29 is 23.1 Å². The number of benzene rings is 2. The number of nitrogens with one attached hydrogen (secondary N) is 1. The molecule has 152 valence electrons. The number of nitrogens with zero attached hydrogens (tertiary/aromatic N) is 2. The average Bonchev–Trinajstić information content (AvgIpc) is 3.26. The molecule has 2 aromatic carbocycles. The number of anilines is 3. The van der Waals surface area contributed by atoms with Crippen molar-refractivity contribution in [1.82, 2.24) is 0 Å². The molecule has 0 aromatic heterocycles. The van der Waals surface area contributed by atoms with E-state index in [2.05, 4.69) is 5.32 Å². The van der Waals surface area contributed by atoms with Crippen molar-refractivity contribution >= 4 is 38.9 Å². The molecule has 0 aliphatic carbocycles. The molecule has 1 atom stereocenters. The monoisotopic (exact) mass is 415 g/mol. The minimum Gasteiger partial charge on any atom is -0.506 e. The number of para-hydroxylation sites is 1. The lowest BCUT2D eigenvalue weighted by Gasteiger charge is -2.19. The second-order valence-electron chi connectivity index (χ2n) is 7.17. The molecule has 4 rings (SSSR count). The molecule has 2 saturated heterocycles. The third kappa shape index (κ3) is 3.77. The summed E-state index contributed by atoms with van der Waals surface area (Å²) in [5.74, 6) is -1.19. The molecule has 2 amide bonds. The van der Waals surface area contributed by atoms with Gasteiger partial charge in [0.25, 0.3) is 0 Å². The lowest BCUT2D eigenvalue weighted by molar-refractivity contribution is -0.122. The van der Waals surface area contributed by atoms with Crippen molar-refractivity contribution in [2.24, 2.45) is 5.92 Å². The molecule has 0 radical (unpaired) electrons. The summed E-state index contributed by atoms with van der Waals surface area (Å²) >= 11 is 0. The second kappa shape index (κ2) is 7.40. The van der Waals surface area contributed by atoms with Crippen molar-refractivity contribution in [2.45, 2.75) is 12.8 Å². The Morgan fingerprint density at radius 3 is 2.55 bits per heavy atom. The van der Waals surface area contributed by atoms with E-state index < -0.39 is 21.8 Å². The molecular formula is C20H21N3O5S. The van der Waals surface area contributed by atoms with Gasteiger partial charge >= 0.3 is 0 Å². The van der Waals surface area contributed by atoms with Crippen LogP contribution in [0, 0.1) is 5.92 Å². The Morgan fingerprint density at radius 2 is 1.86 bits per heavy atom. The summed E-state index contributed by atoms with van der Waals surface area (Å²) in [7, 11) is -3.37. The van der Waals surface area contributed by atoms with Crippen LogP contribution in [-0.4, -0.2) is 44.2 Å². The van der Waals surface area contributed by atoms with Gasteiger partial charge in [-0.25, -0.2) is 8.42 Å². The van der Waals surface area contributed by atoms with Gasteiger partial charge in [-0.05, 0) is 36.8 Å². The predicted octanol–water partition coefficient (Wildman–Crippen LogP) is 1.92. The van der Waals surface area contributed by atoms with E-state index in [4.69, 9.17) is 0 Å². The van der Waals surface area contributed by atoms with Crippen LogP contribution >= 0.6 is 0 Å². The lowest BCUT2D eigenvalue weighted by Crippen LogP contribution is -2.28. The Morgan fingerprint density at radius 1 is 1.10 bits per heavy atom. The van der Waals surface area contributed by atoms with Crippen LogP contribution in [-0.2, 0) is 19.6 Å². The number of carbonyl (C=O) groups is 2. The Bertz CT molecular complexity index is 1060. The van der Waals surface area contributed by atoms with Gasteiger partial charge in [-0.1, -0.05) is 18.2 Å². The summed E-state index contributed by atoms with van der Waals surface area (Å²) in [6, 6.07) is 13.4. The number of rotatable bonds is 4. The zero-order valence-electron chi connectivity index (χ0n) is 15.6. The molecule has 8 nitrogen and oxygen atoms in total. The normalized spacial score (nSPS) is 20.8. The minimum atomic E-state index is -3.37. The number of aromatic hydroxyl groups is 1. The quantitative estimate of drug-likeness (QED) is 0.742. The van der Waals surface area contributed by atoms with Crippen LogP contribution in [0.4, 0.5) is 17.1 Å². The molecular weight excluding hydrogens is 394 g/mol. The van der Waals surface area contributed by atoms with Gasteiger partial charge in [-0.2, -0.15) is 0 Å². The fourth-order valence-electron chi connectivity index (χ4n) is 3.68. The fourth-order valence-corrected chi connectivity index (χ4v) is 5.24. The molecule has 2 aliphatic rings. The number of sulfonamides is 1. The molecule has 2 aliphatic heterocycles. The van der Waals surface area contributed by atoms with Crippen LogP contribution in [0.25, 0.3) is 0 Å². The van der Waals surface area contributed by atoms with Gasteiger partial charge in [0.15, 0.2) is 0 Å². The SMILES string of the molecule is O=C(Nc1cc(N2CCCS2(=O)=O)ccc1O)C1CC(=O)N(c2ccccc2)C1. The largest absolute Gasteiger partial charge is 0.506 e. The summed E-state index contributed by atoms with van der Waals surface area (Å²) in [5, 5.41) is 12.8. The highest BCUT2D eigenvalue weighted by molar-refractivity contribution is 7.93. The summed E-state index contributed by atoms with van der Waals surface area (Å²) in [5.41, 5.74) is 1.25. The Labute approximate surface area is 168 Å². The van der Waals surface area contributed by atoms with Crippen LogP contribution in [0.1, 0.15) is 12.8 Å². The van der Waals surface area contributed by atoms with Crippen LogP contribution < -0.4 is 14.5 Å². The van der Waals surface area contributed by atoms with E-state index in [1.54, 1.807) is 4.90 Å².